The van der Waals surface area contributed by atoms with Crippen LogP contribution in [-0.4, -0.2) is 80.0 Å². The second kappa shape index (κ2) is 19.1. The van der Waals surface area contributed by atoms with E-state index in [9.17, 15) is 31.1 Å². The number of hydrogen-bond donors (Lipinski definition) is 1. The van der Waals surface area contributed by atoms with Crippen LogP contribution >= 0.6 is 0 Å². The average molecular weight is 959 g/mol. The largest absolute Gasteiger partial charge is 0.487 e. The van der Waals surface area contributed by atoms with Gasteiger partial charge >= 0.3 is 18.3 Å². The van der Waals surface area contributed by atoms with Crippen LogP contribution in [0.25, 0.3) is 67.5 Å². The molecule has 2 fully saturated rings. The fraction of sp³-hybridized carbons (Fsp3) is 0.327. The Kier molecular flexibility index (Phi) is 13.0. The lowest BCUT2D eigenvalue weighted by Gasteiger charge is -2.19. The molecule has 4 aromatic heterocycles. The third kappa shape index (κ3) is 10.8. The summed E-state index contributed by atoms with van der Waals surface area (Å²) in [7, 11) is 0. The average Bonchev–Trinajstić information content (AvgIpc) is 4.16. The number of aryl methyl sites for hydroxylation is 1. The summed E-state index contributed by atoms with van der Waals surface area (Å²) >= 11 is 0. The molecule has 10 rings (SSSR count). The Morgan fingerprint density at radius 3 is 1.78 bits per heavy atom. The van der Waals surface area contributed by atoms with E-state index in [0.717, 1.165) is 33.9 Å². The topological polar surface area (TPSA) is 162 Å². The number of nitrogens with one attached hydrogen (secondary N) is 1. The zero-order chi connectivity index (χ0) is 48.5. The molecule has 8 aromatic rings. The zero-order valence-corrected chi connectivity index (χ0v) is 37.3. The van der Waals surface area contributed by atoms with E-state index in [4.69, 9.17) is 32.7 Å². The lowest BCUT2D eigenvalue weighted by Crippen LogP contribution is -2.24. The number of aromatic amines is 1. The predicted molar refractivity (Wildman–Crippen MR) is 238 cm³/mol. The van der Waals surface area contributed by atoms with Crippen molar-refractivity contribution < 1.29 is 63.9 Å². The van der Waals surface area contributed by atoms with E-state index in [2.05, 4.69) is 25.3 Å². The lowest BCUT2D eigenvalue weighted by molar-refractivity contribution is -0.155. The Labute approximate surface area is 389 Å². The van der Waals surface area contributed by atoms with Gasteiger partial charge in [-0.15, -0.1) is 0 Å². The molecule has 0 spiro atoms. The summed E-state index contributed by atoms with van der Waals surface area (Å²) < 4.78 is 122. The maximum atomic E-state index is 13.9. The summed E-state index contributed by atoms with van der Waals surface area (Å²) in [5, 5.41) is 9.51. The number of halogens is 6. The molecular weight excluding hydrogens is 915 g/mol. The number of alkyl halides is 6. The van der Waals surface area contributed by atoms with Gasteiger partial charge in [0, 0.05) is 75.8 Å². The van der Waals surface area contributed by atoms with Gasteiger partial charge in [0.05, 0.1) is 44.0 Å². The van der Waals surface area contributed by atoms with Crippen molar-refractivity contribution in [2.45, 2.75) is 76.7 Å². The van der Waals surface area contributed by atoms with E-state index in [1.807, 2.05) is 74.0 Å². The highest BCUT2D eigenvalue weighted by molar-refractivity contribution is 5.94. The second-order valence-electron chi connectivity index (χ2n) is 17.3. The van der Waals surface area contributed by atoms with Crippen molar-refractivity contribution in [1.29, 1.82) is 0 Å². The Hall–Kier alpha value is -7.19. The van der Waals surface area contributed by atoms with Crippen molar-refractivity contribution in [1.82, 2.24) is 29.8 Å². The molecule has 2 atom stereocenters. The molecule has 6 heterocycles. The monoisotopic (exact) mass is 958 g/mol. The number of carbonyl (C=O) groups is 1. The number of hydrogen-bond acceptors (Lipinski definition) is 12. The predicted octanol–water partition coefficient (Wildman–Crippen LogP) is 11.3. The van der Waals surface area contributed by atoms with Gasteiger partial charge in [-0.25, -0.2) is 0 Å². The Bertz CT molecular complexity index is 3080. The number of aromatic nitrogens is 6. The van der Waals surface area contributed by atoms with Crippen LogP contribution in [0, 0.1) is 0 Å². The zero-order valence-electron chi connectivity index (χ0n) is 37.3. The Balaban J connectivity index is 0.000000177. The molecule has 2 aliphatic rings. The van der Waals surface area contributed by atoms with Crippen LogP contribution in [0.2, 0.25) is 0 Å². The van der Waals surface area contributed by atoms with Crippen molar-refractivity contribution >= 4 is 27.8 Å². The summed E-state index contributed by atoms with van der Waals surface area (Å²) in [6, 6.07) is 22.3. The van der Waals surface area contributed by atoms with Gasteiger partial charge in [-0.3, -0.25) is 4.79 Å². The first-order chi connectivity index (χ1) is 33.0. The molecule has 0 aliphatic carbocycles. The molecule has 0 unspecified atom stereocenters. The normalized spacial score (nSPS) is 16.5. The van der Waals surface area contributed by atoms with Gasteiger partial charge in [0.2, 0.25) is 11.6 Å². The fourth-order valence-electron chi connectivity index (χ4n) is 7.94. The number of fused-ring (bicyclic) bond motifs is 2. The standard InChI is InChI=1S/C28H28F3N3O5.C21H16F3N3O3/c1-27(2,3)38-24(35)10-13-34-12-9-19-20(5-4-6-22(19)34)26-32-25(33-39-26)17-7-8-23(21(15-17)28(29,30)31)37-18-11-14-36-16-18;22-21(23,24)16-10-12(4-5-18(16)29-13-7-9-28-11-13)19-26-20(30-27-19)15-2-1-3-17-14(15)6-8-25-17/h4-9,12,15,18H,10-11,13-14,16H2,1-3H3;1-6,8,10,13,25H,7,9,11H2/t18-;13-/m11/s1. The van der Waals surface area contributed by atoms with E-state index < -0.39 is 41.3 Å². The van der Waals surface area contributed by atoms with Gasteiger partial charge in [-0.2, -0.15) is 36.3 Å². The molecule has 1 N–H and O–H groups in total. The van der Waals surface area contributed by atoms with Crippen LogP contribution in [0.3, 0.4) is 0 Å². The first-order valence-electron chi connectivity index (χ1n) is 21.9. The van der Waals surface area contributed by atoms with Gasteiger partial charge in [-0.05, 0) is 93.6 Å². The summed E-state index contributed by atoms with van der Waals surface area (Å²) in [4.78, 5) is 24.0. The first kappa shape index (κ1) is 46.9. The number of carbonyl (C=O) groups excluding carboxylic acids is 1. The van der Waals surface area contributed by atoms with Crippen LogP contribution in [0.4, 0.5) is 26.3 Å². The van der Waals surface area contributed by atoms with Gasteiger partial charge in [0.15, 0.2) is 0 Å². The molecule has 0 saturated carbocycles. The number of esters is 1. The van der Waals surface area contributed by atoms with E-state index >= 15 is 0 Å². The number of benzene rings is 4. The minimum absolute atomic E-state index is 0.0209. The molecule has 69 heavy (non-hydrogen) atoms. The smallest absolute Gasteiger partial charge is 0.419 e. The van der Waals surface area contributed by atoms with Gasteiger partial charge in [0.25, 0.3) is 11.8 Å². The van der Waals surface area contributed by atoms with Crippen molar-refractivity contribution in [2.75, 3.05) is 26.4 Å². The molecule has 0 bridgehead atoms. The minimum Gasteiger partial charge on any atom is -0.487 e. The second-order valence-corrected chi connectivity index (χ2v) is 17.3. The van der Waals surface area contributed by atoms with Gasteiger partial charge < -0.3 is 42.3 Å². The summed E-state index contributed by atoms with van der Waals surface area (Å²) in [5.74, 6) is -0.310. The minimum atomic E-state index is -4.63. The number of rotatable bonds is 11. The third-order valence-corrected chi connectivity index (χ3v) is 11.1. The SMILES string of the molecule is CC(C)(C)OC(=O)CCn1ccc2c(-c3nc(-c4ccc(O[C@@H]5CCOC5)c(C(F)(F)F)c4)no3)cccc21.FC(F)(F)c1cc(-c2noc(-c3cccc4[nH]ccc34)n2)ccc1O[C@@H]1CCOC1. The van der Waals surface area contributed by atoms with E-state index in [-0.39, 0.29) is 71.7 Å². The fourth-order valence-corrected chi connectivity index (χ4v) is 7.94. The van der Waals surface area contributed by atoms with Gasteiger partial charge in [-0.1, -0.05) is 22.4 Å². The van der Waals surface area contributed by atoms with Crippen LogP contribution in [0.1, 0.15) is 51.2 Å². The molecular formula is C49H44F6N6O8. The van der Waals surface area contributed by atoms with E-state index in [1.54, 1.807) is 12.3 Å². The van der Waals surface area contributed by atoms with Crippen molar-refractivity contribution in [2.24, 2.45) is 0 Å². The summed E-state index contributed by atoms with van der Waals surface area (Å²) in [5.41, 5.74) is 1.04. The number of H-pyrrole nitrogens is 1. The quantitative estimate of drug-likeness (QED) is 0.0966. The van der Waals surface area contributed by atoms with E-state index in [1.165, 1.54) is 24.3 Å². The Morgan fingerprint density at radius 1 is 0.710 bits per heavy atom. The highest BCUT2D eigenvalue weighted by atomic mass is 19.4. The molecule has 4 aromatic carbocycles. The summed E-state index contributed by atoms with van der Waals surface area (Å²) in [6.07, 6.45) is -5.13. The van der Waals surface area contributed by atoms with Gasteiger partial charge in [0.1, 0.15) is 29.3 Å². The molecule has 0 radical (unpaired) electrons. The van der Waals surface area contributed by atoms with Crippen LogP contribution < -0.4 is 9.47 Å². The highest BCUT2D eigenvalue weighted by Gasteiger charge is 2.38. The van der Waals surface area contributed by atoms with Crippen molar-refractivity contribution in [3.63, 3.8) is 0 Å². The molecule has 14 nitrogen and oxygen atoms in total. The maximum absolute atomic E-state index is 13.9. The van der Waals surface area contributed by atoms with Crippen LogP contribution in [-0.2, 0) is 37.9 Å². The number of nitrogens with zero attached hydrogens (tertiary/aromatic N) is 5. The van der Waals surface area contributed by atoms with Crippen molar-refractivity contribution in [3.8, 4) is 57.2 Å². The molecule has 2 saturated heterocycles. The summed E-state index contributed by atoms with van der Waals surface area (Å²) in [6.45, 7) is 7.33. The van der Waals surface area contributed by atoms with Crippen molar-refractivity contribution in [3.05, 3.63) is 108 Å². The molecule has 2 aliphatic heterocycles. The highest BCUT2D eigenvalue weighted by Crippen LogP contribution is 2.42. The molecule has 20 heteroatoms. The molecule has 360 valence electrons. The first-order valence-corrected chi connectivity index (χ1v) is 21.9. The van der Waals surface area contributed by atoms with Crippen LogP contribution in [0.5, 0.6) is 11.5 Å². The Morgan fingerprint density at radius 2 is 1.26 bits per heavy atom. The third-order valence-electron chi connectivity index (χ3n) is 11.1. The number of ether oxygens (including phenoxy) is 5. The maximum Gasteiger partial charge on any atom is 0.419 e. The van der Waals surface area contributed by atoms with Crippen LogP contribution in [0.15, 0.2) is 106 Å². The lowest BCUT2D eigenvalue weighted by atomic mass is 10.1. The van der Waals surface area contributed by atoms with E-state index in [0.29, 0.717) is 43.7 Å². The molecule has 0 amide bonds.